The molecular weight excluding hydrogens is 356 g/mol. The fourth-order valence-corrected chi connectivity index (χ4v) is 3.75. The Morgan fingerprint density at radius 3 is 2.50 bits per heavy atom. The standard InChI is InChI=1S/C21H24N4O3/c1-26-17-11-15-18(20(28-3)19(17)27-2)23-13-24-21(15)25-10-9-22-16(12-25)14-7-5-4-6-8-14/h4-8,11,13,16,22H,9-10,12H2,1-3H3. The number of piperazine rings is 1. The molecule has 1 saturated heterocycles. The highest BCUT2D eigenvalue weighted by Crippen LogP contribution is 2.44. The Kier molecular flexibility index (Phi) is 5.16. The number of anilines is 1. The molecule has 0 bridgehead atoms. The van der Waals surface area contributed by atoms with Crippen LogP contribution in [0.4, 0.5) is 5.82 Å². The topological polar surface area (TPSA) is 68.7 Å². The van der Waals surface area contributed by atoms with Crippen LogP contribution in [0, 0.1) is 0 Å². The SMILES string of the molecule is COc1cc2c(N3CCNC(c4ccccc4)C3)ncnc2c(OC)c1OC. The number of benzene rings is 2. The molecule has 1 aromatic heterocycles. The highest BCUT2D eigenvalue weighted by molar-refractivity contribution is 5.97. The molecule has 2 aromatic carbocycles. The van der Waals surface area contributed by atoms with Crippen LogP contribution in [0.2, 0.25) is 0 Å². The van der Waals surface area contributed by atoms with Gasteiger partial charge in [-0.05, 0) is 11.6 Å². The van der Waals surface area contributed by atoms with E-state index in [1.165, 1.54) is 5.56 Å². The number of methoxy groups -OCH3 is 3. The number of rotatable bonds is 5. The Hall–Kier alpha value is -3.06. The molecule has 4 rings (SSSR count). The third kappa shape index (κ3) is 3.18. The van der Waals surface area contributed by atoms with Gasteiger partial charge in [0, 0.05) is 25.7 Å². The van der Waals surface area contributed by atoms with Crippen LogP contribution >= 0.6 is 0 Å². The maximum Gasteiger partial charge on any atom is 0.205 e. The van der Waals surface area contributed by atoms with Crippen LogP contribution in [0.5, 0.6) is 17.2 Å². The molecule has 28 heavy (non-hydrogen) atoms. The molecule has 1 unspecified atom stereocenters. The van der Waals surface area contributed by atoms with Crippen molar-refractivity contribution in [2.24, 2.45) is 0 Å². The van der Waals surface area contributed by atoms with Gasteiger partial charge >= 0.3 is 0 Å². The van der Waals surface area contributed by atoms with Crippen LogP contribution in [-0.2, 0) is 0 Å². The second-order valence-corrected chi connectivity index (χ2v) is 6.60. The molecule has 0 saturated carbocycles. The van der Waals surface area contributed by atoms with Crippen LogP contribution in [0.3, 0.4) is 0 Å². The van der Waals surface area contributed by atoms with E-state index in [1.807, 2.05) is 12.1 Å². The highest BCUT2D eigenvalue weighted by atomic mass is 16.5. The summed E-state index contributed by atoms with van der Waals surface area (Å²) < 4.78 is 16.6. The summed E-state index contributed by atoms with van der Waals surface area (Å²) in [6, 6.07) is 12.6. The molecule has 7 nitrogen and oxygen atoms in total. The summed E-state index contributed by atoms with van der Waals surface area (Å²) >= 11 is 0. The van der Waals surface area contributed by atoms with Crippen LogP contribution in [0.15, 0.2) is 42.7 Å². The number of hydrogen-bond donors (Lipinski definition) is 1. The summed E-state index contributed by atoms with van der Waals surface area (Å²) in [6.45, 7) is 2.54. The predicted molar refractivity (Wildman–Crippen MR) is 109 cm³/mol. The van der Waals surface area contributed by atoms with Crippen molar-refractivity contribution < 1.29 is 14.2 Å². The Bertz CT molecular complexity index is 965. The van der Waals surface area contributed by atoms with Gasteiger partial charge in [-0.1, -0.05) is 30.3 Å². The van der Waals surface area contributed by atoms with Gasteiger partial charge in [-0.25, -0.2) is 9.97 Å². The van der Waals surface area contributed by atoms with Crippen molar-refractivity contribution in [1.29, 1.82) is 0 Å². The van der Waals surface area contributed by atoms with Gasteiger partial charge in [-0.15, -0.1) is 0 Å². The molecule has 1 atom stereocenters. The van der Waals surface area contributed by atoms with Gasteiger partial charge in [-0.3, -0.25) is 0 Å². The van der Waals surface area contributed by atoms with Crippen molar-refractivity contribution in [2.45, 2.75) is 6.04 Å². The number of aromatic nitrogens is 2. The van der Waals surface area contributed by atoms with E-state index in [2.05, 4.69) is 44.5 Å². The van der Waals surface area contributed by atoms with Gasteiger partial charge in [0.25, 0.3) is 0 Å². The lowest BCUT2D eigenvalue weighted by Gasteiger charge is -2.35. The largest absolute Gasteiger partial charge is 0.493 e. The number of nitrogens with one attached hydrogen (secondary N) is 1. The Morgan fingerprint density at radius 1 is 1.00 bits per heavy atom. The summed E-state index contributed by atoms with van der Waals surface area (Å²) in [4.78, 5) is 11.3. The van der Waals surface area contributed by atoms with Gasteiger partial charge in [0.1, 0.15) is 17.7 Å². The molecule has 0 aliphatic carbocycles. The molecule has 7 heteroatoms. The smallest absolute Gasteiger partial charge is 0.205 e. The minimum absolute atomic E-state index is 0.238. The second kappa shape index (κ2) is 7.90. The maximum atomic E-state index is 5.60. The van der Waals surface area contributed by atoms with Gasteiger partial charge in [0.15, 0.2) is 11.5 Å². The second-order valence-electron chi connectivity index (χ2n) is 6.60. The van der Waals surface area contributed by atoms with E-state index in [4.69, 9.17) is 14.2 Å². The molecule has 2 heterocycles. The van der Waals surface area contributed by atoms with Crippen LogP contribution < -0.4 is 24.4 Å². The first-order chi connectivity index (χ1) is 13.8. The van der Waals surface area contributed by atoms with Crippen molar-refractivity contribution in [3.8, 4) is 17.2 Å². The summed E-state index contributed by atoms with van der Waals surface area (Å²) in [7, 11) is 4.81. The Morgan fingerprint density at radius 2 is 1.79 bits per heavy atom. The average molecular weight is 380 g/mol. The minimum Gasteiger partial charge on any atom is -0.493 e. The fraction of sp³-hybridized carbons (Fsp3) is 0.333. The van der Waals surface area contributed by atoms with Crippen molar-refractivity contribution in [2.75, 3.05) is 45.9 Å². The van der Waals surface area contributed by atoms with Gasteiger partial charge in [0.2, 0.25) is 5.75 Å². The van der Waals surface area contributed by atoms with Crippen LogP contribution in [0.25, 0.3) is 10.9 Å². The lowest BCUT2D eigenvalue weighted by molar-refractivity contribution is 0.327. The molecule has 1 aliphatic heterocycles. The van der Waals surface area contributed by atoms with E-state index >= 15 is 0 Å². The molecular formula is C21H24N4O3. The lowest BCUT2D eigenvalue weighted by Crippen LogP contribution is -2.46. The van der Waals surface area contributed by atoms with Crippen LogP contribution in [0.1, 0.15) is 11.6 Å². The van der Waals surface area contributed by atoms with E-state index in [0.717, 1.165) is 30.8 Å². The monoisotopic (exact) mass is 380 g/mol. The lowest BCUT2D eigenvalue weighted by atomic mass is 10.0. The first kappa shape index (κ1) is 18.3. The van der Waals surface area contributed by atoms with Crippen molar-refractivity contribution in [1.82, 2.24) is 15.3 Å². The van der Waals surface area contributed by atoms with E-state index in [-0.39, 0.29) is 6.04 Å². The van der Waals surface area contributed by atoms with Gasteiger partial charge in [0.05, 0.1) is 26.7 Å². The summed E-state index contributed by atoms with van der Waals surface area (Å²) in [5.74, 6) is 2.55. The Balaban J connectivity index is 1.78. The van der Waals surface area contributed by atoms with Crippen molar-refractivity contribution in [3.63, 3.8) is 0 Å². The first-order valence-corrected chi connectivity index (χ1v) is 9.23. The first-order valence-electron chi connectivity index (χ1n) is 9.23. The summed E-state index contributed by atoms with van der Waals surface area (Å²) in [5, 5.41) is 4.47. The Labute approximate surface area is 164 Å². The predicted octanol–water partition coefficient (Wildman–Crippen LogP) is 2.81. The zero-order valence-corrected chi connectivity index (χ0v) is 16.3. The third-order valence-electron chi connectivity index (χ3n) is 5.09. The van der Waals surface area contributed by atoms with Crippen molar-refractivity contribution in [3.05, 3.63) is 48.3 Å². The normalized spacial score (nSPS) is 16.8. The quantitative estimate of drug-likeness (QED) is 0.730. The van der Waals surface area contributed by atoms with Crippen molar-refractivity contribution >= 4 is 16.7 Å². The number of ether oxygens (including phenoxy) is 3. The molecule has 0 radical (unpaired) electrons. The van der Waals surface area contributed by atoms with E-state index < -0.39 is 0 Å². The number of hydrogen-bond acceptors (Lipinski definition) is 7. The number of fused-ring (bicyclic) bond motifs is 1. The zero-order valence-electron chi connectivity index (χ0n) is 16.3. The maximum absolute atomic E-state index is 5.60. The fourth-order valence-electron chi connectivity index (χ4n) is 3.75. The molecule has 0 spiro atoms. The summed E-state index contributed by atoms with van der Waals surface area (Å²) in [5.41, 5.74) is 1.97. The van der Waals surface area contributed by atoms with Gasteiger partial charge in [-0.2, -0.15) is 0 Å². The van der Waals surface area contributed by atoms with E-state index in [0.29, 0.717) is 22.8 Å². The van der Waals surface area contributed by atoms with Crippen LogP contribution in [-0.4, -0.2) is 50.9 Å². The molecule has 1 aliphatic rings. The summed E-state index contributed by atoms with van der Waals surface area (Å²) in [6.07, 6.45) is 1.58. The average Bonchev–Trinajstić information content (AvgIpc) is 2.77. The zero-order chi connectivity index (χ0) is 19.5. The minimum atomic E-state index is 0.238. The molecule has 0 amide bonds. The van der Waals surface area contributed by atoms with E-state index in [1.54, 1.807) is 27.7 Å². The number of nitrogens with zero attached hydrogens (tertiary/aromatic N) is 3. The molecule has 1 N–H and O–H groups in total. The third-order valence-corrected chi connectivity index (χ3v) is 5.09. The molecule has 3 aromatic rings. The van der Waals surface area contributed by atoms with Gasteiger partial charge < -0.3 is 24.4 Å². The van der Waals surface area contributed by atoms with E-state index in [9.17, 15) is 0 Å². The molecule has 146 valence electrons. The highest BCUT2D eigenvalue weighted by Gasteiger charge is 2.25. The molecule has 1 fully saturated rings.